The zero-order valence-electron chi connectivity index (χ0n) is 9.77. The van der Waals surface area contributed by atoms with Gasteiger partial charge in [-0.05, 0) is 26.0 Å². The van der Waals surface area contributed by atoms with Gasteiger partial charge in [0, 0.05) is 30.2 Å². The summed E-state index contributed by atoms with van der Waals surface area (Å²) in [4.78, 5) is 15.0. The van der Waals surface area contributed by atoms with Crippen molar-refractivity contribution in [3.8, 4) is 11.3 Å². The zero-order valence-corrected chi connectivity index (χ0v) is 10.5. The lowest BCUT2D eigenvalue weighted by Gasteiger charge is -2.08. The Morgan fingerprint density at radius 1 is 1.41 bits per heavy atom. The minimum atomic E-state index is 0.519. The number of pyridine rings is 1. The summed E-state index contributed by atoms with van der Waals surface area (Å²) < 4.78 is 2.04. The molecule has 0 radical (unpaired) electrons. The van der Waals surface area contributed by atoms with Crippen LogP contribution < -0.4 is 0 Å². The quantitative estimate of drug-likeness (QED) is 0.781. The van der Waals surface area contributed by atoms with Gasteiger partial charge in [-0.2, -0.15) is 0 Å². The molecule has 4 heteroatoms. The topological polar surface area (TPSA) is 34.9 Å². The van der Waals surface area contributed by atoms with Crippen LogP contribution in [0.4, 0.5) is 0 Å². The molecular formula is C13H13ClN2O. The van der Waals surface area contributed by atoms with Gasteiger partial charge in [0.05, 0.1) is 16.3 Å². The van der Waals surface area contributed by atoms with Crippen molar-refractivity contribution < 1.29 is 4.79 Å². The lowest BCUT2D eigenvalue weighted by molar-refractivity contribution is 0.112. The predicted molar refractivity (Wildman–Crippen MR) is 68.5 cm³/mol. The van der Waals surface area contributed by atoms with Gasteiger partial charge in [0.15, 0.2) is 6.29 Å². The van der Waals surface area contributed by atoms with Crippen LogP contribution in [0, 0.1) is 6.92 Å². The molecule has 2 aromatic rings. The van der Waals surface area contributed by atoms with E-state index in [0.29, 0.717) is 10.6 Å². The van der Waals surface area contributed by atoms with E-state index in [1.165, 1.54) is 0 Å². The Balaban J connectivity index is 2.73. The Bertz CT molecular complexity index is 546. The van der Waals surface area contributed by atoms with Crippen LogP contribution in [0.1, 0.15) is 23.0 Å². The third-order valence-electron chi connectivity index (χ3n) is 2.90. The van der Waals surface area contributed by atoms with Crippen LogP contribution in [-0.4, -0.2) is 15.8 Å². The predicted octanol–water partition coefficient (Wildman–Crippen LogP) is 3.34. The Morgan fingerprint density at radius 2 is 2.06 bits per heavy atom. The number of aldehydes is 1. The van der Waals surface area contributed by atoms with E-state index in [0.717, 1.165) is 29.8 Å². The number of hydrogen-bond donors (Lipinski definition) is 0. The standard InChI is InChI=1S/C13H13ClN2O/c1-3-16-9(2)11(8-17)12(14)13(16)10-4-6-15-7-5-10/h4-8H,3H2,1-2H3. The van der Waals surface area contributed by atoms with Gasteiger partial charge in [-0.25, -0.2) is 0 Å². The molecule has 0 aliphatic carbocycles. The van der Waals surface area contributed by atoms with Crippen molar-refractivity contribution >= 4 is 17.9 Å². The van der Waals surface area contributed by atoms with Crippen LogP contribution >= 0.6 is 11.6 Å². The molecule has 0 amide bonds. The van der Waals surface area contributed by atoms with Gasteiger partial charge in [-0.1, -0.05) is 11.6 Å². The van der Waals surface area contributed by atoms with E-state index in [4.69, 9.17) is 11.6 Å². The maximum absolute atomic E-state index is 11.1. The number of rotatable bonds is 3. The largest absolute Gasteiger partial charge is 0.343 e. The van der Waals surface area contributed by atoms with Crippen molar-refractivity contribution in [3.05, 3.63) is 40.8 Å². The number of hydrogen-bond acceptors (Lipinski definition) is 2. The monoisotopic (exact) mass is 248 g/mol. The molecule has 0 atom stereocenters. The molecule has 88 valence electrons. The average molecular weight is 249 g/mol. The smallest absolute Gasteiger partial charge is 0.153 e. The van der Waals surface area contributed by atoms with Crippen LogP contribution in [0.5, 0.6) is 0 Å². The SMILES string of the molecule is CCn1c(C)c(C=O)c(Cl)c1-c1ccncc1. The summed E-state index contributed by atoms with van der Waals surface area (Å²) in [5, 5.41) is 0.519. The lowest BCUT2D eigenvalue weighted by atomic mass is 10.2. The Labute approximate surface area is 105 Å². The van der Waals surface area contributed by atoms with Crippen molar-refractivity contribution in [2.75, 3.05) is 0 Å². The summed E-state index contributed by atoms with van der Waals surface area (Å²) >= 11 is 6.28. The highest BCUT2D eigenvalue weighted by atomic mass is 35.5. The molecule has 0 bridgehead atoms. The molecule has 0 aliphatic rings. The molecule has 3 nitrogen and oxygen atoms in total. The van der Waals surface area contributed by atoms with Crippen LogP contribution in [0.15, 0.2) is 24.5 Å². The maximum Gasteiger partial charge on any atom is 0.153 e. The normalized spacial score (nSPS) is 10.5. The minimum absolute atomic E-state index is 0.519. The number of nitrogens with zero attached hydrogens (tertiary/aromatic N) is 2. The molecule has 0 N–H and O–H groups in total. The average Bonchev–Trinajstić information content (AvgIpc) is 2.61. The summed E-state index contributed by atoms with van der Waals surface area (Å²) in [5.74, 6) is 0. The molecular weight excluding hydrogens is 236 g/mol. The highest BCUT2D eigenvalue weighted by Gasteiger charge is 2.18. The molecule has 0 spiro atoms. The fourth-order valence-corrected chi connectivity index (χ4v) is 2.44. The lowest BCUT2D eigenvalue weighted by Crippen LogP contribution is -1.99. The summed E-state index contributed by atoms with van der Waals surface area (Å²) in [6, 6.07) is 3.78. The van der Waals surface area contributed by atoms with Crippen LogP contribution in [0.3, 0.4) is 0 Å². The van der Waals surface area contributed by atoms with Crippen molar-refractivity contribution in [3.63, 3.8) is 0 Å². The summed E-state index contributed by atoms with van der Waals surface area (Å²) in [6.07, 6.45) is 4.25. The van der Waals surface area contributed by atoms with Gasteiger partial charge in [-0.3, -0.25) is 9.78 Å². The number of carbonyl (C=O) groups excluding carboxylic acids is 1. The molecule has 2 rings (SSSR count). The Kier molecular flexibility index (Phi) is 3.29. The van der Waals surface area contributed by atoms with E-state index < -0.39 is 0 Å². The molecule has 2 aromatic heterocycles. The molecule has 0 saturated heterocycles. The highest BCUT2D eigenvalue weighted by Crippen LogP contribution is 2.34. The highest BCUT2D eigenvalue weighted by molar-refractivity contribution is 6.35. The second kappa shape index (κ2) is 4.72. The molecule has 0 aromatic carbocycles. The Morgan fingerprint density at radius 3 is 2.59 bits per heavy atom. The Hall–Kier alpha value is -1.61. The third-order valence-corrected chi connectivity index (χ3v) is 3.28. The van der Waals surface area contributed by atoms with E-state index in [-0.39, 0.29) is 0 Å². The van der Waals surface area contributed by atoms with Gasteiger partial charge in [-0.15, -0.1) is 0 Å². The van der Waals surface area contributed by atoms with Crippen molar-refractivity contribution in [1.82, 2.24) is 9.55 Å². The maximum atomic E-state index is 11.1. The molecule has 0 aliphatic heterocycles. The third kappa shape index (κ3) is 1.87. The van der Waals surface area contributed by atoms with Crippen LogP contribution in [0.2, 0.25) is 5.02 Å². The second-order valence-corrected chi connectivity index (χ2v) is 4.14. The molecule has 17 heavy (non-hydrogen) atoms. The summed E-state index contributed by atoms with van der Waals surface area (Å²) in [7, 11) is 0. The van der Waals surface area contributed by atoms with Gasteiger partial charge < -0.3 is 4.57 Å². The van der Waals surface area contributed by atoms with Crippen molar-refractivity contribution in [1.29, 1.82) is 0 Å². The van der Waals surface area contributed by atoms with Crippen LogP contribution in [0.25, 0.3) is 11.3 Å². The first-order valence-electron chi connectivity index (χ1n) is 5.44. The first-order valence-corrected chi connectivity index (χ1v) is 5.82. The number of aromatic nitrogens is 2. The summed E-state index contributed by atoms with van der Waals surface area (Å²) in [5.41, 5.74) is 3.33. The fourth-order valence-electron chi connectivity index (χ4n) is 2.04. The zero-order chi connectivity index (χ0) is 12.4. The molecule has 2 heterocycles. The van der Waals surface area contributed by atoms with E-state index in [2.05, 4.69) is 4.98 Å². The van der Waals surface area contributed by atoms with Crippen LogP contribution in [-0.2, 0) is 6.54 Å². The van der Waals surface area contributed by atoms with Crippen molar-refractivity contribution in [2.45, 2.75) is 20.4 Å². The number of carbonyl (C=O) groups is 1. The molecule has 0 fully saturated rings. The van der Waals surface area contributed by atoms with Crippen molar-refractivity contribution in [2.24, 2.45) is 0 Å². The van der Waals surface area contributed by atoms with Gasteiger partial charge >= 0.3 is 0 Å². The minimum Gasteiger partial charge on any atom is -0.343 e. The molecule has 0 unspecified atom stereocenters. The summed E-state index contributed by atoms with van der Waals surface area (Å²) in [6.45, 7) is 4.71. The molecule has 0 saturated carbocycles. The van der Waals surface area contributed by atoms with E-state index >= 15 is 0 Å². The van der Waals surface area contributed by atoms with Gasteiger partial charge in [0.1, 0.15) is 0 Å². The second-order valence-electron chi connectivity index (χ2n) is 3.76. The van der Waals surface area contributed by atoms with E-state index in [9.17, 15) is 4.79 Å². The fraction of sp³-hybridized carbons (Fsp3) is 0.231. The van der Waals surface area contributed by atoms with Gasteiger partial charge in [0.2, 0.25) is 0 Å². The number of halogens is 1. The van der Waals surface area contributed by atoms with Gasteiger partial charge in [0.25, 0.3) is 0 Å². The van der Waals surface area contributed by atoms with E-state index in [1.807, 2.05) is 30.5 Å². The first kappa shape index (κ1) is 11.9. The first-order chi connectivity index (χ1) is 8.20. The van der Waals surface area contributed by atoms with E-state index in [1.54, 1.807) is 12.4 Å².